The highest BCUT2D eigenvalue weighted by Crippen LogP contribution is 2.09. The second kappa shape index (κ2) is 9.75. The standard InChI is InChI=1S/C17H25IN2O3/c1-17(2,3)23-16(22)20-12-11-19-15(21)6-4-5-13-7-9-14(18)10-8-13/h7-10H,4-6,11-12H2,1-3H3,(H,19,21)(H,20,22). The third-order valence-electron chi connectivity index (χ3n) is 2.90. The maximum atomic E-state index is 11.7. The number of benzene rings is 1. The van der Waals surface area contributed by atoms with Gasteiger partial charge in [-0.1, -0.05) is 12.1 Å². The van der Waals surface area contributed by atoms with Gasteiger partial charge in [-0.2, -0.15) is 0 Å². The smallest absolute Gasteiger partial charge is 0.407 e. The molecule has 2 amide bonds. The van der Waals surface area contributed by atoms with Crippen molar-refractivity contribution in [3.05, 3.63) is 33.4 Å². The fraction of sp³-hybridized carbons (Fsp3) is 0.529. The molecule has 0 atom stereocenters. The summed E-state index contributed by atoms with van der Waals surface area (Å²) < 4.78 is 6.31. The van der Waals surface area contributed by atoms with Gasteiger partial charge in [0.05, 0.1) is 0 Å². The van der Waals surface area contributed by atoms with Crippen LogP contribution in [0.2, 0.25) is 0 Å². The zero-order chi connectivity index (χ0) is 17.3. The van der Waals surface area contributed by atoms with Gasteiger partial charge in [-0.05, 0) is 73.9 Å². The summed E-state index contributed by atoms with van der Waals surface area (Å²) in [7, 11) is 0. The normalized spacial score (nSPS) is 11.0. The lowest BCUT2D eigenvalue weighted by Gasteiger charge is -2.19. The molecule has 128 valence electrons. The van der Waals surface area contributed by atoms with Crippen LogP contribution in [0.15, 0.2) is 24.3 Å². The lowest BCUT2D eigenvalue weighted by molar-refractivity contribution is -0.121. The van der Waals surface area contributed by atoms with Gasteiger partial charge >= 0.3 is 6.09 Å². The third kappa shape index (κ3) is 10.1. The van der Waals surface area contributed by atoms with E-state index in [2.05, 4.69) is 57.5 Å². The van der Waals surface area contributed by atoms with Crippen LogP contribution < -0.4 is 10.6 Å². The minimum absolute atomic E-state index is 0.00139. The van der Waals surface area contributed by atoms with Gasteiger partial charge in [0.15, 0.2) is 0 Å². The van der Waals surface area contributed by atoms with E-state index in [4.69, 9.17) is 4.74 Å². The predicted octanol–water partition coefficient (Wildman–Crippen LogP) is 3.25. The van der Waals surface area contributed by atoms with Crippen molar-refractivity contribution in [2.24, 2.45) is 0 Å². The first kappa shape index (κ1) is 19.7. The Bertz CT molecular complexity index is 510. The Hall–Kier alpha value is -1.31. The summed E-state index contributed by atoms with van der Waals surface area (Å²) in [5, 5.41) is 5.39. The van der Waals surface area contributed by atoms with Crippen LogP contribution in [-0.2, 0) is 16.0 Å². The number of ether oxygens (including phenoxy) is 1. The molecule has 0 aliphatic heterocycles. The van der Waals surface area contributed by atoms with Gasteiger partial charge in [0.1, 0.15) is 5.60 Å². The van der Waals surface area contributed by atoms with Gasteiger partial charge in [-0.25, -0.2) is 4.79 Å². The minimum atomic E-state index is -0.511. The van der Waals surface area contributed by atoms with Crippen LogP contribution in [0, 0.1) is 3.57 Å². The number of aryl methyl sites for hydroxylation is 1. The first-order chi connectivity index (χ1) is 10.8. The molecule has 6 heteroatoms. The van der Waals surface area contributed by atoms with Crippen LogP contribution >= 0.6 is 22.6 Å². The van der Waals surface area contributed by atoms with Crippen molar-refractivity contribution in [3.8, 4) is 0 Å². The molecule has 0 spiro atoms. The fourth-order valence-electron chi connectivity index (χ4n) is 1.87. The van der Waals surface area contributed by atoms with Crippen molar-refractivity contribution < 1.29 is 14.3 Å². The average Bonchev–Trinajstić information content (AvgIpc) is 2.44. The molecule has 0 aliphatic rings. The Morgan fingerprint density at radius 2 is 1.70 bits per heavy atom. The Morgan fingerprint density at radius 3 is 2.30 bits per heavy atom. The van der Waals surface area contributed by atoms with E-state index in [1.165, 1.54) is 9.13 Å². The van der Waals surface area contributed by atoms with Crippen LogP contribution in [-0.4, -0.2) is 30.7 Å². The lowest BCUT2D eigenvalue weighted by Crippen LogP contribution is -2.37. The van der Waals surface area contributed by atoms with Gasteiger partial charge in [-0.3, -0.25) is 4.79 Å². The van der Waals surface area contributed by atoms with Gasteiger partial charge < -0.3 is 15.4 Å². The number of hydrogen-bond donors (Lipinski definition) is 2. The van der Waals surface area contributed by atoms with Gasteiger partial charge in [0, 0.05) is 23.1 Å². The van der Waals surface area contributed by atoms with E-state index in [1.54, 1.807) is 0 Å². The topological polar surface area (TPSA) is 67.4 Å². The quantitative estimate of drug-likeness (QED) is 0.514. The Balaban J connectivity index is 2.08. The average molecular weight is 432 g/mol. The zero-order valence-corrected chi connectivity index (χ0v) is 16.1. The predicted molar refractivity (Wildman–Crippen MR) is 99.3 cm³/mol. The molecule has 0 aromatic heterocycles. The van der Waals surface area contributed by atoms with E-state index in [-0.39, 0.29) is 5.91 Å². The van der Waals surface area contributed by atoms with Gasteiger partial charge in [-0.15, -0.1) is 0 Å². The number of alkyl carbamates (subject to hydrolysis) is 1. The van der Waals surface area contributed by atoms with Crippen molar-refractivity contribution in [1.82, 2.24) is 10.6 Å². The van der Waals surface area contributed by atoms with E-state index in [0.29, 0.717) is 19.5 Å². The number of nitrogens with one attached hydrogen (secondary N) is 2. The number of carbonyl (C=O) groups is 2. The van der Waals surface area contributed by atoms with Crippen LogP contribution in [0.1, 0.15) is 39.2 Å². The van der Waals surface area contributed by atoms with Crippen molar-refractivity contribution in [2.75, 3.05) is 13.1 Å². The summed E-state index contributed by atoms with van der Waals surface area (Å²) in [6.45, 7) is 6.19. The second-order valence-electron chi connectivity index (χ2n) is 6.26. The monoisotopic (exact) mass is 432 g/mol. The molecule has 0 aliphatic carbocycles. The summed E-state index contributed by atoms with van der Waals surface area (Å²) in [5.41, 5.74) is 0.729. The highest BCUT2D eigenvalue weighted by molar-refractivity contribution is 14.1. The molecular weight excluding hydrogens is 407 g/mol. The number of amides is 2. The summed E-state index contributed by atoms with van der Waals surface area (Å²) in [4.78, 5) is 23.1. The largest absolute Gasteiger partial charge is 0.444 e. The van der Waals surface area contributed by atoms with Crippen LogP contribution in [0.4, 0.5) is 4.79 Å². The van der Waals surface area contributed by atoms with Crippen LogP contribution in [0.5, 0.6) is 0 Å². The highest BCUT2D eigenvalue weighted by Gasteiger charge is 2.15. The second-order valence-corrected chi connectivity index (χ2v) is 7.50. The summed E-state index contributed by atoms with van der Waals surface area (Å²) in [6, 6.07) is 8.31. The molecule has 23 heavy (non-hydrogen) atoms. The highest BCUT2D eigenvalue weighted by atomic mass is 127. The summed E-state index contributed by atoms with van der Waals surface area (Å²) in [6.07, 6.45) is 1.72. The molecule has 5 nitrogen and oxygen atoms in total. The van der Waals surface area contributed by atoms with Gasteiger partial charge in [0.25, 0.3) is 0 Å². The maximum absolute atomic E-state index is 11.7. The molecule has 1 aromatic carbocycles. The number of rotatable bonds is 7. The minimum Gasteiger partial charge on any atom is -0.444 e. The molecule has 0 bridgehead atoms. The summed E-state index contributed by atoms with van der Waals surface area (Å²) in [5.74, 6) is 0.00139. The number of hydrogen-bond acceptors (Lipinski definition) is 3. The molecule has 2 N–H and O–H groups in total. The van der Waals surface area contributed by atoms with Crippen molar-refractivity contribution in [1.29, 1.82) is 0 Å². The van der Waals surface area contributed by atoms with Crippen LogP contribution in [0.25, 0.3) is 0 Å². The van der Waals surface area contributed by atoms with E-state index in [9.17, 15) is 9.59 Å². The number of carbonyl (C=O) groups excluding carboxylic acids is 2. The molecule has 1 aromatic rings. The maximum Gasteiger partial charge on any atom is 0.407 e. The fourth-order valence-corrected chi connectivity index (χ4v) is 2.23. The SMILES string of the molecule is CC(C)(C)OC(=O)NCCNC(=O)CCCc1ccc(I)cc1. The summed E-state index contributed by atoms with van der Waals surface area (Å²) >= 11 is 2.27. The molecule has 1 rings (SSSR count). The number of halogens is 1. The molecule has 0 fully saturated rings. The Morgan fingerprint density at radius 1 is 1.09 bits per heavy atom. The first-order valence-corrected chi connectivity index (χ1v) is 8.82. The van der Waals surface area contributed by atoms with E-state index in [0.717, 1.165) is 12.8 Å². The molecule has 0 heterocycles. The van der Waals surface area contributed by atoms with Crippen molar-refractivity contribution >= 4 is 34.6 Å². The van der Waals surface area contributed by atoms with E-state index in [1.807, 2.05) is 20.8 Å². The van der Waals surface area contributed by atoms with Crippen LogP contribution in [0.3, 0.4) is 0 Å². The first-order valence-electron chi connectivity index (χ1n) is 7.74. The molecule has 0 saturated heterocycles. The molecular formula is C17H25IN2O3. The zero-order valence-electron chi connectivity index (χ0n) is 13.9. The molecule has 0 unspecified atom stereocenters. The Labute approximate surface area is 151 Å². The van der Waals surface area contributed by atoms with Gasteiger partial charge in [0.2, 0.25) is 5.91 Å². The lowest BCUT2D eigenvalue weighted by atomic mass is 10.1. The third-order valence-corrected chi connectivity index (χ3v) is 3.62. The molecule has 0 saturated carbocycles. The van der Waals surface area contributed by atoms with E-state index >= 15 is 0 Å². The van der Waals surface area contributed by atoms with Crippen molar-refractivity contribution in [2.45, 2.75) is 45.6 Å². The van der Waals surface area contributed by atoms with E-state index < -0.39 is 11.7 Å². The molecule has 0 radical (unpaired) electrons. The Kier molecular flexibility index (Phi) is 8.36. The van der Waals surface area contributed by atoms with Crippen molar-refractivity contribution in [3.63, 3.8) is 0 Å².